The summed E-state index contributed by atoms with van der Waals surface area (Å²) in [6.07, 6.45) is 16.0. The number of allylic oxidation sites excluding steroid dienone is 3. The van der Waals surface area contributed by atoms with Crippen LogP contribution in [0.5, 0.6) is 0 Å². The molecule has 0 saturated heterocycles. The molecule has 3 aromatic carbocycles. The number of hydrogen-bond donors (Lipinski definition) is 0. The fourth-order valence-corrected chi connectivity index (χ4v) is 5.21. The van der Waals surface area contributed by atoms with Crippen molar-refractivity contribution in [3.05, 3.63) is 96.3 Å². The standard InChI is InChI=1S/C31H35F/c1-3-5-7-9-23-10-13-25(14-11-23)26-15-17-27(18-16-26)29-21-19-28-22-24(8-6-4-2)12-20-30(28)31(29)32/h3-5,12,15-23,25H,2,6-11,13-14H2,1H3/b5-3+. The molecule has 0 nitrogen and oxygen atoms in total. The highest BCUT2D eigenvalue weighted by atomic mass is 19.1. The summed E-state index contributed by atoms with van der Waals surface area (Å²) < 4.78 is 15.3. The monoisotopic (exact) mass is 426 g/mol. The van der Waals surface area contributed by atoms with Crippen LogP contribution in [-0.2, 0) is 6.42 Å². The normalized spacial score (nSPS) is 18.9. The maximum absolute atomic E-state index is 15.3. The minimum atomic E-state index is -0.118. The van der Waals surface area contributed by atoms with E-state index >= 15 is 4.39 Å². The third-order valence-corrected chi connectivity index (χ3v) is 7.17. The Morgan fingerprint density at radius 2 is 1.72 bits per heavy atom. The van der Waals surface area contributed by atoms with E-state index in [1.165, 1.54) is 49.7 Å². The number of aryl methyl sites for hydroxylation is 1. The van der Waals surface area contributed by atoms with Gasteiger partial charge in [-0.3, -0.25) is 0 Å². The van der Waals surface area contributed by atoms with Gasteiger partial charge in [-0.05, 0) is 92.2 Å². The van der Waals surface area contributed by atoms with Crippen LogP contribution in [0, 0.1) is 11.7 Å². The first-order valence-corrected chi connectivity index (χ1v) is 12.2. The van der Waals surface area contributed by atoms with E-state index in [0.717, 1.165) is 29.7 Å². The lowest BCUT2D eigenvalue weighted by Gasteiger charge is -2.28. The molecule has 3 aromatic rings. The van der Waals surface area contributed by atoms with Crippen LogP contribution in [-0.4, -0.2) is 0 Å². The van der Waals surface area contributed by atoms with Gasteiger partial charge in [-0.25, -0.2) is 4.39 Å². The van der Waals surface area contributed by atoms with Crippen molar-refractivity contribution in [1.82, 2.24) is 0 Å². The number of rotatable bonds is 8. The van der Waals surface area contributed by atoms with Gasteiger partial charge in [0.05, 0.1) is 0 Å². The molecule has 0 bridgehead atoms. The second-order valence-electron chi connectivity index (χ2n) is 9.30. The molecule has 1 aliphatic rings. The Labute approximate surface area is 192 Å². The van der Waals surface area contributed by atoms with E-state index in [1.807, 2.05) is 30.3 Å². The predicted molar refractivity (Wildman–Crippen MR) is 137 cm³/mol. The lowest BCUT2D eigenvalue weighted by atomic mass is 9.77. The molecular weight excluding hydrogens is 391 g/mol. The second-order valence-corrected chi connectivity index (χ2v) is 9.30. The smallest absolute Gasteiger partial charge is 0.138 e. The molecule has 4 rings (SSSR count). The number of fused-ring (bicyclic) bond motifs is 1. The number of halogens is 1. The van der Waals surface area contributed by atoms with Gasteiger partial charge in [0.2, 0.25) is 0 Å². The molecule has 0 spiro atoms. The molecule has 0 atom stereocenters. The largest absolute Gasteiger partial charge is 0.206 e. The molecule has 32 heavy (non-hydrogen) atoms. The fraction of sp³-hybridized carbons (Fsp3) is 0.355. The van der Waals surface area contributed by atoms with E-state index < -0.39 is 0 Å². The molecular formula is C31H35F. The van der Waals surface area contributed by atoms with Gasteiger partial charge in [-0.1, -0.05) is 72.8 Å². The molecule has 0 radical (unpaired) electrons. The van der Waals surface area contributed by atoms with Crippen molar-refractivity contribution in [1.29, 1.82) is 0 Å². The molecule has 0 aliphatic heterocycles. The van der Waals surface area contributed by atoms with Crippen LogP contribution >= 0.6 is 0 Å². The third kappa shape index (κ3) is 5.21. The zero-order chi connectivity index (χ0) is 22.3. The van der Waals surface area contributed by atoms with Crippen molar-refractivity contribution in [2.75, 3.05) is 0 Å². The summed E-state index contributed by atoms with van der Waals surface area (Å²) in [5.41, 5.74) is 4.29. The van der Waals surface area contributed by atoms with E-state index in [2.05, 4.69) is 56.0 Å². The molecule has 1 heteroatoms. The summed E-state index contributed by atoms with van der Waals surface area (Å²) in [6, 6.07) is 18.7. The van der Waals surface area contributed by atoms with Crippen molar-refractivity contribution < 1.29 is 4.39 Å². The van der Waals surface area contributed by atoms with E-state index in [9.17, 15) is 0 Å². The number of hydrogen-bond acceptors (Lipinski definition) is 0. The first-order chi connectivity index (χ1) is 15.7. The Balaban J connectivity index is 1.46. The summed E-state index contributed by atoms with van der Waals surface area (Å²) >= 11 is 0. The van der Waals surface area contributed by atoms with Crippen molar-refractivity contribution in [3.63, 3.8) is 0 Å². The quantitative estimate of drug-likeness (QED) is 0.315. The van der Waals surface area contributed by atoms with Gasteiger partial charge in [0.15, 0.2) is 0 Å². The van der Waals surface area contributed by atoms with Crippen molar-refractivity contribution in [2.45, 2.75) is 64.2 Å². The van der Waals surface area contributed by atoms with Gasteiger partial charge >= 0.3 is 0 Å². The summed E-state index contributed by atoms with van der Waals surface area (Å²) in [7, 11) is 0. The highest BCUT2D eigenvalue weighted by molar-refractivity contribution is 5.88. The maximum atomic E-state index is 15.3. The Kier molecular flexibility index (Phi) is 7.58. The van der Waals surface area contributed by atoms with Crippen LogP contribution in [0.15, 0.2) is 79.4 Å². The summed E-state index contributed by atoms with van der Waals surface area (Å²) in [4.78, 5) is 0. The van der Waals surface area contributed by atoms with Gasteiger partial charge in [0.25, 0.3) is 0 Å². The van der Waals surface area contributed by atoms with Crippen LogP contribution in [0.25, 0.3) is 21.9 Å². The first kappa shape index (κ1) is 22.5. The van der Waals surface area contributed by atoms with Crippen molar-refractivity contribution in [3.8, 4) is 11.1 Å². The van der Waals surface area contributed by atoms with Crippen LogP contribution in [0.2, 0.25) is 0 Å². The van der Waals surface area contributed by atoms with Gasteiger partial charge in [0, 0.05) is 10.9 Å². The number of benzene rings is 3. The zero-order valence-electron chi connectivity index (χ0n) is 19.3. The Bertz CT molecular complexity index is 1070. The molecule has 1 aliphatic carbocycles. The highest BCUT2D eigenvalue weighted by Crippen LogP contribution is 2.38. The fourth-order valence-electron chi connectivity index (χ4n) is 5.21. The topological polar surface area (TPSA) is 0 Å². The minimum Gasteiger partial charge on any atom is -0.206 e. The molecule has 166 valence electrons. The predicted octanol–water partition coefficient (Wildman–Crippen LogP) is 9.39. The van der Waals surface area contributed by atoms with Gasteiger partial charge < -0.3 is 0 Å². The highest BCUT2D eigenvalue weighted by Gasteiger charge is 2.22. The molecule has 0 N–H and O–H groups in total. The zero-order valence-corrected chi connectivity index (χ0v) is 19.3. The third-order valence-electron chi connectivity index (χ3n) is 7.17. The second kappa shape index (κ2) is 10.8. The summed E-state index contributed by atoms with van der Waals surface area (Å²) in [5.74, 6) is 1.41. The lowest BCUT2D eigenvalue weighted by Crippen LogP contribution is -2.13. The average molecular weight is 427 g/mol. The molecule has 0 aromatic heterocycles. The van der Waals surface area contributed by atoms with Crippen LogP contribution in [0.3, 0.4) is 0 Å². The Morgan fingerprint density at radius 1 is 0.938 bits per heavy atom. The molecule has 0 unspecified atom stereocenters. The lowest BCUT2D eigenvalue weighted by molar-refractivity contribution is 0.312. The molecule has 1 fully saturated rings. The van der Waals surface area contributed by atoms with E-state index in [0.29, 0.717) is 16.9 Å². The van der Waals surface area contributed by atoms with Crippen molar-refractivity contribution >= 4 is 10.8 Å². The first-order valence-electron chi connectivity index (χ1n) is 12.2. The van der Waals surface area contributed by atoms with Gasteiger partial charge in [0.1, 0.15) is 5.82 Å². The average Bonchev–Trinajstić information content (AvgIpc) is 2.84. The van der Waals surface area contributed by atoms with Crippen LogP contribution < -0.4 is 0 Å². The SMILES string of the molecule is C=CCCc1ccc2c(F)c(-c3ccc(C4CCC(CC/C=C/C)CC4)cc3)ccc2c1. The molecule has 0 heterocycles. The Hall–Kier alpha value is -2.67. The van der Waals surface area contributed by atoms with Gasteiger partial charge in [-0.15, -0.1) is 6.58 Å². The minimum absolute atomic E-state index is 0.118. The van der Waals surface area contributed by atoms with Crippen LogP contribution in [0.1, 0.15) is 68.9 Å². The summed E-state index contributed by atoms with van der Waals surface area (Å²) in [6.45, 7) is 5.89. The molecule has 0 amide bonds. The Morgan fingerprint density at radius 3 is 2.44 bits per heavy atom. The van der Waals surface area contributed by atoms with Crippen LogP contribution in [0.4, 0.5) is 4.39 Å². The van der Waals surface area contributed by atoms with Crippen molar-refractivity contribution in [2.24, 2.45) is 5.92 Å². The maximum Gasteiger partial charge on any atom is 0.138 e. The molecule has 1 saturated carbocycles. The summed E-state index contributed by atoms with van der Waals surface area (Å²) in [5, 5.41) is 1.67. The van der Waals surface area contributed by atoms with E-state index in [4.69, 9.17) is 0 Å². The van der Waals surface area contributed by atoms with Gasteiger partial charge in [-0.2, -0.15) is 0 Å². The van der Waals surface area contributed by atoms with E-state index in [-0.39, 0.29) is 5.82 Å². The van der Waals surface area contributed by atoms with E-state index in [1.54, 1.807) is 0 Å².